The third-order valence-corrected chi connectivity index (χ3v) is 3.20. The molecule has 1 unspecified atom stereocenters. The predicted molar refractivity (Wildman–Crippen MR) is 75.4 cm³/mol. The van der Waals surface area contributed by atoms with E-state index in [1.54, 1.807) is 24.0 Å². The van der Waals surface area contributed by atoms with E-state index in [1.807, 2.05) is 7.05 Å². The van der Waals surface area contributed by atoms with Gasteiger partial charge in [0.1, 0.15) is 0 Å². The summed E-state index contributed by atoms with van der Waals surface area (Å²) in [4.78, 5) is 27.2. The first kappa shape index (κ1) is 18.1. The van der Waals surface area contributed by atoms with Gasteiger partial charge < -0.3 is 19.9 Å². The molecule has 7 heteroatoms. The molecule has 0 aromatic heterocycles. The van der Waals surface area contributed by atoms with Gasteiger partial charge in [0.2, 0.25) is 11.8 Å². The number of nitrogens with one attached hydrogen (secondary N) is 1. The zero-order valence-electron chi connectivity index (χ0n) is 11.8. The maximum absolute atomic E-state index is 12.1. The number of halogens is 1. The Morgan fingerprint density at radius 2 is 2.26 bits per heavy atom. The van der Waals surface area contributed by atoms with Crippen LogP contribution in [0, 0.1) is 5.92 Å². The van der Waals surface area contributed by atoms with Gasteiger partial charge in [-0.25, -0.2) is 0 Å². The highest BCUT2D eigenvalue weighted by molar-refractivity contribution is 5.89. The SMILES string of the molecule is CNCCN(C)C(=O)C1CC(=O)N(CCOC)C1.Cl. The Hall–Kier alpha value is -0.850. The fraction of sp³-hybridized carbons (Fsp3) is 0.833. The summed E-state index contributed by atoms with van der Waals surface area (Å²) in [6.07, 6.45) is 0.326. The Bertz CT molecular complexity index is 302. The average Bonchev–Trinajstić information content (AvgIpc) is 2.73. The number of nitrogens with zero attached hydrogens (tertiary/aromatic N) is 2. The number of ether oxygens (including phenoxy) is 1. The van der Waals surface area contributed by atoms with E-state index < -0.39 is 0 Å². The van der Waals surface area contributed by atoms with Crippen LogP contribution in [0.25, 0.3) is 0 Å². The van der Waals surface area contributed by atoms with E-state index >= 15 is 0 Å². The van der Waals surface area contributed by atoms with E-state index in [0.29, 0.717) is 32.7 Å². The minimum absolute atomic E-state index is 0. The highest BCUT2D eigenvalue weighted by atomic mass is 35.5. The van der Waals surface area contributed by atoms with Crippen LogP contribution < -0.4 is 5.32 Å². The molecular formula is C12H24ClN3O3. The lowest BCUT2D eigenvalue weighted by Crippen LogP contribution is -2.38. The van der Waals surface area contributed by atoms with E-state index in [9.17, 15) is 9.59 Å². The Kier molecular flexibility index (Phi) is 8.71. The molecule has 1 fully saturated rings. The Morgan fingerprint density at radius 3 is 2.84 bits per heavy atom. The fourth-order valence-corrected chi connectivity index (χ4v) is 2.06. The summed E-state index contributed by atoms with van der Waals surface area (Å²) in [6, 6.07) is 0. The molecule has 6 nitrogen and oxygen atoms in total. The topological polar surface area (TPSA) is 61.9 Å². The van der Waals surface area contributed by atoms with Gasteiger partial charge in [-0.05, 0) is 7.05 Å². The second kappa shape index (κ2) is 9.12. The molecule has 0 aromatic carbocycles. The van der Waals surface area contributed by atoms with Gasteiger partial charge in [-0.3, -0.25) is 9.59 Å². The first-order valence-electron chi connectivity index (χ1n) is 6.26. The summed E-state index contributed by atoms with van der Waals surface area (Å²) >= 11 is 0. The zero-order valence-corrected chi connectivity index (χ0v) is 12.7. The number of likely N-dealkylation sites (tertiary alicyclic amines) is 1. The lowest BCUT2D eigenvalue weighted by Gasteiger charge is -2.21. The van der Waals surface area contributed by atoms with Crippen LogP contribution in [0.4, 0.5) is 0 Å². The second-order valence-corrected chi connectivity index (χ2v) is 4.60. The molecule has 19 heavy (non-hydrogen) atoms. The van der Waals surface area contributed by atoms with Crippen molar-refractivity contribution in [2.45, 2.75) is 6.42 Å². The van der Waals surface area contributed by atoms with Crippen LogP contribution in [0.1, 0.15) is 6.42 Å². The number of likely N-dealkylation sites (N-methyl/N-ethyl adjacent to an activating group) is 2. The van der Waals surface area contributed by atoms with Crippen molar-refractivity contribution < 1.29 is 14.3 Å². The summed E-state index contributed by atoms with van der Waals surface area (Å²) in [5.74, 6) is -0.0952. The molecule has 1 aliphatic heterocycles. The predicted octanol–water partition coefficient (Wildman–Crippen LogP) is -0.419. The van der Waals surface area contributed by atoms with Gasteiger partial charge >= 0.3 is 0 Å². The number of hydrogen-bond donors (Lipinski definition) is 1. The van der Waals surface area contributed by atoms with Gasteiger partial charge in [-0.2, -0.15) is 0 Å². The molecule has 1 atom stereocenters. The molecule has 0 aromatic rings. The second-order valence-electron chi connectivity index (χ2n) is 4.60. The third-order valence-electron chi connectivity index (χ3n) is 3.20. The summed E-state index contributed by atoms with van der Waals surface area (Å²) in [5.41, 5.74) is 0. The van der Waals surface area contributed by atoms with E-state index in [-0.39, 0.29) is 30.1 Å². The summed E-state index contributed by atoms with van der Waals surface area (Å²) in [6.45, 7) is 3.03. The van der Waals surface area contributed by atoms with E-state index in [2.05, 4.69) is 5.32 Å². The van der Waals surface area contributed by atoms with Crippen molar-refractivity contribution in [2.24, 2.45) is 5.92 Å². The molecule has 0 saturated carbocycles. The maximum Gasteiger partial charge on any atom is 0.227 e. The molecule has 2 amide bonds. The van der Waals surface area contributed by atoms with Crippen LogP contribution >= 0.6 is 12.4 Å². The van der Waals surface area contributed by atoms with Crippen LogP contribution in [0.15, 0.2) is 0 Å². The lowest BCUT2D eigenvalue weighted by molar-refractivity contribution is -0.134. The highest BCUT2D eigenvalue weighted by Gasteiger charge is 2.35. The van der Waals surface area contributed by atoms with Gasteiger partial charge in [0.25, 0.3) is 0 Å². The molecule has 0 bridgehead atoms. The van der Waals surface area contributed by atoms with E-state index in [0.717, 1.165) is 6.54 Å². The normalized spacial score (nSPS) is 18.4. The summed E-state index contributed by atoms with van der Waals surface area (Å²) in [7, 11) is 5.24. The van der Waals surface area contributed by atoms with Crippen molar-refractivity contribution in [1.29, 1.82) is 0 Å². The lowest BCUT2D eigenvalue weighted by atomic mass is 10.1. The van der Waals surface area contributed by atoms with Crippen LogP contribution in [-0.4, -0.2) is 75.6 Å². The average molecular weight is 294 g/mol. The van der Waals surface area contributed by atoms with Gasteiger partial charge in [0, 0.05) is 46.8 Å². The standard InChI is InChI=1S/C12H23N3O3.ClH/c1-13-4-5-14(2)12(17)10-8-11(16)15(9-10)6-7-18-3;/h10,13H,4-9H2,1-3H3;1H. The Labute approximate surface area is 120 Å². The van der Waals surface area contributed by atoms with Crippen LogP contribution in [-0.2, 0) is 14.3 Å². The molecular weight excluding hydrogens is 270 g/mol. The number of amides is 2. The first-order valence-corrected chi connectivity index (χ1v) is 6.26. The van der Waals surface area contributed by atoms with Crippen LogP contribution in [0.2, 0.25) is 0 Å². The molecule has 1 N–H and O–H groups in total. The Balaban J connectivity index is 0.00000324. The quantitative estimate of drug-likeness (QED) is 0.693. The fourth-order valence-electron chi connectivity index (χ4n) is 2.06. The van der Waals surface area contributed by atoms with E-state index in [4.69, 9.17) is 4.74 Å². The minimum Gasteiger partial charge on any atom is -0.383 e. The zero-order chi connectivity index (χ0) is 13.5. The molecule has 1 heterocycles. The van der Waals surface area contributed by atoms with Crippen molar-refractivity contribution in [3.8, 4) is 0 Å². The highest BCUT2D eigenvalue weighted by Crippen LogP contribution is 2.19. The molecule has 0 radical (unpaired) electrons. The number of carbonyl (C=O) groups is 2. The molecule has 1 aliphatic rings. The Morgan fingerprint density at radius 1 is 1.58 bits per heavy atom. The molecule has 1 rings (SSSR count). The first-order chi connectivity index (χ1) is 8.60. The maximum atomic E-state index is 12.1. The van der Waals surface area contributed by atoms with Gasteiger partial charge in [-0.1, -0.05) is 0 Å². The van der Waals surface area contributed by atoms with E-state index in [1.165, 1.54) is 0 Å². The van der Waals surface area contributed by atoms with Crippen LogP contribution in [0.3, 0.4) is 0 Å². The van der Waals surface area contributed by atoms with Gasteiger partial charge in [0.05, 0.1) is 12.5 Å². The van der Waals surface area contributed by atoms with Crippen molar-refractivity contribution in [2.75, 3.05) is 54.0 Å². The largest absolute Gasteiger partial charge is 0.383 e. The smallest absolute Gasteiger partial charge is 0.227 e. The molecule has 0 spiro atoms. The van der Waals surface area contributed by atoms with Crippen LogP contribution in [0.5, 0.6) is 0 Å². The van der Waals surface area contributed by atoms with Gasteiger partial charge in [0.15, 0.2) is 0 Å². The number of rotatable bonds is 7. The van der Waals surface area contributed by atoms with Gasteiger partial charge in [-0.15, -0.1) is 12.4 Å². The number of hydrogen-bond acceptors (Lipinski definition) is 4. The number of methoxy groups -OCH3 is 1. The minimum atomic E-state index is -0.198. The van der Waals surface area contributed by atoms with Crippen molar-refractivity contribution >= 4 is 24.2 Å². The monoisotopic (exact) mass is 293 g/mol. The summed E-state index contributed by atoms with van der Waals surface area (Å²) < 4.78 is 4.95. The molecule has 0 aliphatic carbocycles. The van der Waals surface area contributed by atoms with Crippen molar-refractivity contribution in [3.05, 3.63) is 0 Å². The summed E-state index contributed by atoms with van der Waals surface area (Å²) in [5, 5.41) is 3.00. The third kappa shape index (κ3) is 5.34. The number of carbonyl (C=O) groups excluding carboxylic acids is 2. The molecule has 112 valence electrons. The molecule has 1 saturated heterocycles. The van der Waals surface area contributed by atoms with Crippen molar-refractivity contribution in [1.82, 2.24) is 15.1 Å². The van der Waals surface area contributed by atoms with Crippen molar-refractivity contribution in [3.63, 3.8) is 0 Å².